The number of nitrogens with one attached hydrogen (secondary N) is 1. The van der Waals surface area contributed by atoms with Gasteiger partial charge in [-0.1, -0.05) is 27.2 Å². The van der Waals surface area contributed by atoms with Crippen molar-refractivity contribution < 1.29 is 0 Å². The van der Waals surface area contributed by atoms with Crippen molar-refractivity contribution in [1.29, 1.82) is 0 Å². The molecule has 0 amide bonds. The van der Waals surface area contributed by atoms with Crippen LogP contribution in [0.5, 0.6) is 0 Å². The van der Waals surface area contributed by atoms with Crippen LogP contribution in [-0.4, -0.2) is 36.6 Å². The van der Waals surface area contributed by atoms with Crippen LogP contribution in [0.15, 0.2) is 0 Å². The van der Waals surface area contributed by atoms with Crippen molar-refractivity contribution >= 4 is 0 Å². The smallest absolute Gasteiger partial charge is 0.00705 e. The highest BCUT2D eigenvalue weighted by atomic mass is 15.1. The molecular weight excluding hydrogens is 220 g/mol. The second-order valence-electron chi connectivity index (χ2n) is 6.03. The van der Waals surface area contributed by atoms with E-state index in [1.165, 1.54) is 58.2 Å². The highest BCUT2D eigenvalue weighted by Gasteiger charge is 2.24. The van der Waals surface area contributed by atoms with E-state index in [0.29, 0.717) is 6.04 Å². The Bertz CT molecular complexity index is 197. The van der Waals surface area contributed by atoms with Crippen LogP contribution in [0.3, 0.4) is 0 Å². The molecule has 0 aliphatic carbocycles. The molecule has 2 heteroatoms. The van der Waals surface area contributed by atoms with E-state index in [-0.39, 0.29) is 0 Å². The summed E-state index contributed by atoms with van der Waals surface area (Å²) in [6.45, 7) is 13.2. The average Bonchev–Trinajstić information content (AvgIpc) is 2.39. The van der Waals surface area contributed by atoms with Gasteiger partial charge in [0.25, 0.3) is 0 Å². The van der Waals surface area contributed by atoms with Crippen molar-refractivity contribution in [2.75, 3.05) is 19.6 Å². The Kier molecular flexibility index (Phi) is 7.92. The van der Waals surface area contributed by atoms with Gasteiger partial charge in [0.1, 0.15) is 0 Å². The van der Waals surface area contributed by atoms with Crippen LogP contribution in [0.4, 0.5) is 0 Å². The van der Waals surface area contributed by atoms with E-state index in [1.807, 2.05) is 0 Å². The maximum atomic E-state index is 3.87. The molecule has 0 spiro atoms. The van der Waals surface area contributed by atoms with E-state index in [4.69, 9.17) is 0 Å². The predicted molar refractivity (Wildman–Crippen MR) is 81.0 cm³/mol. The summed E-state index contributed by atoms with van der Waals surface area (Å²) >= 11 is 0. The lowest BCUT2D eigenvalue weighted by Crippen LogP contribution is -2.45. The van der Waals surface area contributed by atoms with E-state index in [0.717, 1.165) is 12.0 Å². The van der Waals surface area contributed by atoms with E-state index in [9.17, 15) is 0 Å². The van der Waals surface area contributed by atoms with Gasteiger partial charge in [0.15, 0.2) is 0 Å². The predicted octanol–water partition coefficient (Wildman–Crippen LogP) is 3.67. The molecule has 0 radical (unpaired) electrons. The molecule has 2 nitrogen and oxygen atoms in total. The number of hydrogen-bond donors (Lipinski definition) is 1. The molecule has 2 unspecified atom stereocenters. The molecule has 1 N–H and O–H groups in total. The Morgan fingerprint density at radius 3 is 2.28 bits per heavy atom. The van der Waals surface area contributed by atoms with Gasteiger partial charge >= 0.3 is 0 Å². The van der Waals surface area contributed by atoms with Crippen LogP contribution < -0.4 is 5.32 Å². The molecule has 1 heterocycles. The first-order valence-electron chi connectivity index (χ1n) is 8.19. The fourth-order valence-corrected chi connectivity index (χ4v) is 3.25. The topological polar surface area (TPSA) is 15.3 Å². The van der Waals surface area contributed by atoms with Gasteiger partial charge in [-0.2, -0.15) is 0 Å². The molecule has 1 fully saturated rings. The normalized spacial score (nSPS) is 22.0. The van der Waals surface area contributed by atoms with Crippen molar-refractivity contribution in [3.05, 3.63) is 0 Å². The largest absolute Gasteiger partial charge is 0.311 e. The zero-order valence-electron chi connectivity index (χ0n) is 13.0. The van der Waals surface area contributed by atoms with Gasteiger partial charge in [-0.25, -0.2) is 0 Å². The van der Waals surface area contributed by atoms with Gasteiger partial charge in [-0.05, 0) is 64.6 Å². The van der Waals surface area contributed by atoms with Gasteiger partial charge in [-0.3, -0.25) is 0 Å². The summed E-state index contributed by atoms with van der Waals surface area (Å²) in [6, 6.07) is 1.43. The Morgan fingerprint density at radius 1 is 1.11 bits per heavy atom. The molecule has 0 aromatic heterocycles. The van der Waals surface area contributed by atoms with Gasteiger partial charge < -0.3 is 10.2 Å². The average molecular weight is 254 g/mol. The lowest BCUT2D eigenvalue weighted by atomic mass is 9.89. The molecule has 0 aromatic carbocycles. The van der Waals surface area contributed by atoms with Crippen LogP contribution in [0.1, 0.15) is 66.2 Å². The van der Waals surface area contributed by atoms with Crippen LogP contribution in [-0.2, 0) is 0 Å². The zero-order valence-corrected chi connectivity index (χ0v) is 13.0. The summed E-state index contributed by atoms with van der Waals surface area (Å²) in [6.07, 6.45) is 7.97. The Labute approximate surface area is 115 Å². The molecular formula is C16H34N2. The molecule has 1 aliphatic rings. The number of hydrogen-bond acceptors (Lipinski definition) is 2. The fourth-order valence-electron chi connectivity index (χ4n) is 3.25. The summed E-state index contributed by atoms with van der Waals surface area (Å²) in [7, 11) is 0. The lowest BCUT2D eigenvalue weighted by molar-refractivity contribution is 0.157. The maximum absolute atomic E-state index is 3.87. The van der Waals surface area contributed by atoms with Crippen LogP contribution in [0.25, 0.3) is 0 Å². The summed E-state index contributed by atoms with van der Waals surface area (Å²) in [5.74, 6) is 0.893. The van der Waals surface area contributed by atoms with Gasteiger partial charge in [0, 0.05) is 12.1 Å². The van der Waals surface area contributed by atoms with Crippen molar-refractivity contribution in [3.63, 3.8) is 0 Å². The first-order valence-corrected chi connectivity index (χ1v) is 8.19. The second-order valence-corrected chi connectivity index (χ2v) is 6.03. The quantitative estimate of drug-likeness (QED) is 0.711. The van der Waals surface area contributed by atoms with E-state index in [2.05, 4.69) is 37.9 Å². The maximum Gasteiger partial charge on any atom is 0.00705 e. The van der Waals surface area contributed by atoms with Gasteiger partial charge in [0.2, 0.25) is 0 Å². The van der Waals surface area contributed by atoms with Crippen LogP contribution in [0.2, 0.25) is 0 Å². The second kappa shape index (κ2) is 8.92. The minimum atomic E-state index is 0.699. The number of nitrogens with zero attached hydrogens (tertiary/aromatic N) is 1. The first kappa shape index (κ1) is 16.0. The summed E-state index contributed by atoms with van der Waals surface area (Å²) in [5.41, 5.74) is 0. The fraction of sp³-hybridized carbons (Fsp3) is 1.00. The molecule has 108 valence electrons. The third-order valence-electron chi connectivity index (χ3n) is 4.51. The molecule has 1 aliphatic heterocycles. The van der Waals surface area contributed by atoms with E-state index < -0.39 is 0 Å². The molecule has 0 aromatic rings. The summed E-state index contributed by atoms with van der Waals surface area (Å²) in [5, 5.41) is 3.87. The number of piperidine rings is 1. The van der Waals surface area contributed by atoms with Gasteiger partial charge in [-0.15, -0.1) is 0 Å². The molecule has 0 saturated carbocycles. The minimum Gasteiger partial charge on any atom is -0.311 e. The lowest BCUT2D eigenvalue weighted by Gasteiger charge is -2.36. The highest BCUT2D eigenvalue weighted by molar-refractivity contribution is 4.81. The third kappa shape index (κ3) is 5.27. The molecule has 1 saturated heterocycles. The van der Waals surface area contributed by atoms with Crippen molar-refractivity contribution in [1.82, 2.24) is 10.2 Å². The Morgan fingerprint density at radius 2 is 1.78 bits per heavy atom. The number of likely N-dealkylation sites (tertiary alicyclic amines) is 1. The minimum absolute atomic E-state index is 0.699. The van der Waals surface area contributed by atoms with E-state index in [1.54, 1.807) is 0 Å². The van der Waals surface area contributed by atoms with Crippen molar-refractivity contribution in [2.45, 2.75) is 78.3 Å². The summed E-state index contributed by atoms with van der Waals surface area (Å²) in [4.78, 5) is 2.63. The molecule has 2 atom stereocenters. The molecule has 18 heavy (non-hydrogen) atoms. The van der Waals surface area contributed by atoms with Gasteiger partial charge in [0.05, 0.1) is 0 Å². The number of rotatable bonds is 8. The summed E-state index contributed by atoms with van der Waals surface area (Å²) < 4.78 is 0. The van der Waals surface area contributed by atoms with Crippen LogP contribution >= 0.6 is 0 Å². The van der Waals surface area contributed by atoms with Crippen molar-refractivity contribution in [3.8, 4) is 0 Å². The third-order valence-corrected chi connectivity index (χ3v) is 4.51. The zero-order chi connectivity index (χ0) is 13.4. The monoisotopic (exact) mass is 254 g/mol. The SMILES string of the molecule is CCCC(CC)NC(C)C1CCN(CCC)CC1. The Balaban J connectivity index is 2.28. The van der Waals surface area contributed by atoms with Crippen molar-refractivity contribution in [2.24, 2.45) is 5.92 Å². The highest BCUT2D eigenvalue weighted by Crippen LogP contribution is 2.21. The first-order chi connectivity index (χ1) is 8.71. The van der Waals surface area contributed by atoms with E-state index >= 15 is 0 Å². The molecule has 0 bridgehead atoms. The molecule has 1 rings (SSSR count). The standard InChI is InChI=1S/C16H34N2/c1-5-8-16(7-3)17-14(4)15-9-12-18(11-6-2)13-10-15/h14-17H,5-13H2,1-4H3. The Hall–Kier alpha value is -0.0800. The van der Waals surface area contributed by atoms with Crippen LogP contribution in [0, 0.1) is 5.92 Å².